The van der Waals surface area contributed by atoms with Gasteiger partial charge in [-0.1, -0.05) is 60.7 Å². The highest BCUT2D eigenvalue weighted by atomic mass is 15.1. The molecule has 0 saturated carbocycles. The lowest BCUT2D eigenvalue weighted by Crippen LogP contribution is -2.10. The van der Waals surface area contributed by atoms with Gasteiger partial charge in [-0.3, -0.25) is 0 Å². The van der Waals surface area contributed by atoms with Crippen LogP contribution >= 0.6 is 0 Å². The minimum atomic E-state index is 0.331. The van der Waals surface area contributed by atoms with Gasteiger partial charge in [0.25, 0.3) is 0 Å². The van der Waals surface area contributed by atoms with E-state index in [0.29, 0.717) is 28.2 Å². The highest BCUT2D eigenvalue weighted by molar-refractivity contribution is 5.99. The van der Waals surface area contributed by atoms with Crippen LogP contribution in [-0.2, 0) is 0 Å². The lowest BCUT2D eigenvalue weighted by Gasteiger charge is -2.27. The third-order valence-electron chi connectivity index (χ3n) is 6.12. The van der Waals surface area contributed by atoms with E-state index in [1.165, 1.54) is 0 Å². The molecule has 0 atom stereocenters. The van der Waals surface area contributed by atoms with Crippen molar-refractivity contribution in [1.29, 1.82) is 10.5 Å². The number of benzene rings is 5. The average molecular weight is 472 g/mol. The van der Waals surface area contributed by atoms with Gasteiger partial charge in [0, 0.05) is 22.3 Å². The van der Waals surface area contributed by atoms with Crippen LogP contribution in [0.5, 0.6) is 0 Å². The fourth-order valence-corrected chi connectivity index (χ4v) is 4.39. The zero-order valence-electron chi connectivity index (χ0n) is 19.6. The van der Waals surface area contributed by atoms with E-state index in [0.717, 1.165) is 33.3 Å². The van der Waals surface area contributed by atoms with Crippen molar-refractivity contribution in [3.63, 3.8) is 0 Å². The quantitative estimate of drug-likeness (QED) is 0.246. The van der Waals surface area contributed by atoms with Gasteiger partial charge in [-0.05, 0) is 59.0 Å². The summed E-state index contributed by atoms with van der Waals surface area (Å²) in [5.74, 6) is 0. The molecule has 0 aromatic heterocycles. The van der Waals surface area contributed by atoms with Crippen LogP contribution in [-0.4, -0.2) is 0 Å². The highest BCUT2D eigenvalue weighted by Crippen LogP contribution is 2.41. The Kier molecular flexibility index (Phi) is 6.05. The van der Waals surface area contributed by atoms with Crippen LogP contribution in [0, 0.1) is 35.8 Å². The number of hydrogen-bond acceptors (Lipinski definition) is 3. The van der Waals surface area contributed by atoms with Crippen molar-refractivity contribution in [2.75, 3.05) is 4.90 Å². The number of anilines is 3. The van der Waals surface area contributed by atoms with E-state index in [1.54, 1.807) is 30.3 Å². The van der Waals surface area contributed by atoms with Gasteiger partial charge in [-0.25, -0.2) is 9.69 Å². The molecule has 0 saturated heterocycles. The van der Waals surface area contributed by atoms with Crippen molar-refractivity contribution in [3.8, 4) is 23.3 Å². The average Bonchev–Trinajstić information content (AvgIpc) is 2.97. The van der Waals surface area contributed by atoms with Gasteiger partial charge >= 0.3 is 0 Å². The molecule has 5 heteroatoms. The SMILES string of the molecule is [C-]#[N+]c1cc(C#N)cc(N(c2ccc(-c3ccc([N+]#[C-])c(C#N)c3)cc2)c2cccc3ccccc23)c1. The largest absolute Gasteiger partial charge is 0.311 e. The van der Waals surface area contributed by atoms with Gasteiger partial charge in [0.2, 0.25) is 5.69 Å². The maximum atomic E-state index is 9.61. The first-order valence-electron chi connectivity index (χ1n) is 11.4. The molecular formula is C32H17N5. The summed E-state index contributed by atoms with van der Waals surface area (Å²) in [6.07, 6.45) is 0. The summed E-state index contributed by atoms with van der Waals surface area (Å²) in [6, 6.07) is 36.7. The molecule has 0 bridgehead atoms. The first-order valence-corrected chi connectivity index (χ1v) is 11.4. The second-order valence-electron chi connectivity index (χ2n) is 8.30. The van der Waals surface area contributed by atoms with Crippen molar-refractivity contribution in [2.45, 2.75) is 0 Å². The summed E-state index contributed by atoms with van der Waals surface area (Å²) in [5, 5.41) is 21.1. The Morgan fingerprint density at radius 1 is 0.649 bits per heavy atom. The van der Waals surface area contributed by atoms with E-state index in [2.05, 4.69) is 40.0 Å². The van der Waals surface area contributed by atoms with E-state index >= 15 is 0 Å². The summed E-state index contributed by atoms with van der Waals surface area (Å²) in [7, 11) is 0. The van der Waals surface area contributed by atoms with Crippen molar-refractivity contribution < 1.29 is 0 Å². The Morgan fingerprint density at radius 3 is 2.14 bits per heavy atom. The molecule has 0 aliphatic carbocycles. The van der Waals surface area contributed by atoms with Crippen LogP contribution in [0.4, 0.5) is 28.4 Å². The van der Waals surface area contributed by atoms with Gasteiger partial charge < -0.3 is 4.90 Å². The predicted octanol–water partition coefficient (Wildman–Crippen LogP) is 8.82. The minimum absolute atomic E-state index is 0.331. The molecule has 0 N–H and O–H groups in total. The Morgan fingerprint density at radius 2 is 1.41 bits per heavy atom. The second-order valence-corrected chi connectivity index (χ2v) is 8.30. The molecule has 0 fully saturated rings. The number of nitriles is 2. The molecule has 5 nitrogen and oxygen atoms in total. The fraction of sp³-hybridized carbons (Fsp3) is 0. The van der Waals surface area contributed by atoms with E-state index < -0.39 is 0 Å². The maximum Gasteiger partial charge on any atom is 0.204 e. The molecule has 37 heavy (non-hydrogen) atoms. The molecule has 0 heterocycles. The number of rotatable bonds is 4. The first kappa shape index (κ1) is 22.9. The predicted molar refractivity (Wildman–Crippen MR) is 146 cm³/mol. The van der Waals surface area contributed by atoms with Crippen LogP contribution in [0.25, 0.3) is 31.6 Å². The fourth-order valence-electron chi connectivity index (χ4n) is 4.39. The number of hydrogen-bond donors (Lipinski definition) is 0. The van der Waals surface area contributed by atoms with Gasteiger partial charge in [-0.15, -0.1) is 0 Å². The topological polar surface area (TPSA) is 59.5 Å². The minimum Gasteiger partial charge on any atom is -0.311 e. The lowest BCUT2D eigenvalue weighted by atomic mass is 10.0. The Hall–Kier alpha value is -5.88. The summed E-state index contributed by atoms with van der Waals surface area (Å²) >= 11 is 0. The second kappa shape index (κ2) is 9.77. The van der Waals surface area contributed by atoms with Crippen LogP contribution in [0.1, 0.15) is 11.1 Å². The molecular weight excluding hydrogens is 454 g/mol. The van der Waals surface area contributed by atoms with Crippen LogP contribution in [0.2, 0.25) is 0 Å². The number of nitrogens with zero attached hydrogens (tertiary/aromatic N) is 5. The number of fused-ring (bicyclic) bond motifs is 1. The maximum absolute atomic E-state index is 9.61. The third kappa shape index (κ3) is 4.34. The standard InChI is InChI=1S/C32H17N5/c1-35-27-16-22(20-33)17-29(19-27)37(32-9-5-7-24-6-3-4-8-30(24)32)28-13-10-23(11-14-28)25-12-15-31(36-2)26(18-25)21-34/h3-19H. The lowest BCUT2D eigenvalue weighted by molar-refractivity contribution is 1.29. The highest BCUT2D eigenvalue weighted by Gasteiger charge is 2.17. The molecule has 5 aromatic rings. The van der Waals surface area contributed by atoms with E-state index in [1.807, 2.05) is 59.5 Å². The molecule has 0 radical (unpaired) electrons. The Labute approximate surface area is 214 Å². The zero-order valence-corrected chi connectivity index (χ0v) is 19.6. The van der Waals surface area contributed by atoms with Crippen LogP contribution < -0.4 is 4.90 Å². The molecule has 0 spiro atoms. The molecule has 0 unspecified atom stereocenters. The summed E-state index contributed by atoms with van der Waals surface area (Å²) < 4.78 is 0. The van der Waals surface area contributed by atoms with Crippen molar-refractivity contribution in [3.05, 3.63) is 137 Å². The molecule has 0 aliphatic heterocycles. The van der Waals surface area contributed by atoms with Crippen molar-refractivity contribution in [1.82, 2.24) is 0 Å². The first-order chi connectivity index (χ1) is 18.1. The Bertz CT molecular complexity index is 1790. The van der Waals surface area contributed by atoms with Crippen LogP contribution in [0.3, 0.4) is 0 Å². The monoisotopic (exact) mass is 471 g/mol. The molecule has 0 amide bonds. The smallest absolute Gasteiger partial charge is 0.204 e. The summed E-state index contributed by atoms with van der Waals surface area (Å²) in [5.41, 5.74) is 5.70. The van der Waals surface area contributed by atoms with Crippen LogP contribution in [0.15, 0.2) is 103 Å². The zero-order chi connectivity index (χ0) is 25.8. The van der Waals surface area contributed by atoms with E-state index in [-0.39, 0.29) is 0 Å². The summed E-state index contributed by atoms with van der Waals surface area (Å²) in [6.45, 7) is 14.8. The molecule has 5 rings (SSSR count). The van der Waals surface area contributed by atoms with E-state index in [9.17, 15) is 10.5 Å². The van der Waals surface area contributed by atoms with Crippen molar-refractivity contribution in [2.24, 2.45) is 0 Å². The van der Waals surface area contributed by atoms with Crippen molar-refractivity contribution >= 4 is 39.2 Å². The molecule has 5 aromatic carbocycles. The molecule has 0 aliphatic rings. The van der Waals surface area contributed by atoms with Gasteiger partial charge in [0.05, 0.1) is 36.5 Å². The Balaban J connectivity index is 1.68. The van der Waals surface area contributed by atoms with Gasteiger partial charge in [0.1, 0.15) is 0 Å². The third-order valence-corrected chi connectivity index (χ3v) is 6.12. The van der Waals surface area contributed by atoms with Gasteiger partial charge in [0.15, 0.2) is 5.69 Å². The summed E-state index contributed by atoms with van der Waals surface area (Å²) in [4.78, 5) is 9.04. The molecule has 170 valence electrons. The normalized spacial score (nSPS) is 10.1. The van der Waals surface area contributed by atoms with E-state index in [4.69, 9.17) is 13.1 Å². The van der Waals surface area contributed by atoms with Gasteiger partial charge in [-0.2, -0.15) is 10.5 Å².